The van der Waals surface area contributed by atoms with E-state index in [1.54, 1.807) is 11.3 Å². The van der Waals surface area contributed by atoms with Crippen molar-refractivity contribution in [3.63, 3.8) is 0 Å². The molecule has 1 N–H and O–H groups in total. The van der Waals surface area contributed by atoms with Crippen LogP contribution in [-0.4, -0.2) is 24.5 Å². The Balaban J connectivity index is 1.90. The number of anilines is 1. The van der Waals surface area contributed by atoms with Crippen molar-refractivity contribution in [1.29, 1.82) is 0 Å². The summed E-state index contributed by atoms with van der Waals surface area (Å²) in [6.07, 6.45) is 2.35. The molecule has 0 saturated heterocycles. The van der Waals surface area contributed by atoms with Crippen LogP contribution in [0.15, 0.2) is 29.6 Å². The molecule has 0 aliphatic heterocycles. The zero-order chi connectivity index (χ0) is 17.5. The number of carbonyl (C=O) groups is 1. The zero-order valence-corrected chi connectivity index (χ0v) is 15.8. The summed E-state index contributed by atoms with van der Waals surface area (Å²) in [6, 6.07) is 7.77. The van der Waals surface area contributed by atoms with Crippen LogP contribution >= 0.6 is 11.3 Å². The average Bonchev–Trinajstić information content (AvgIpc) is 3.07. The number of aromatic nitrogens is 1. The Morgan fingerprint density at radius 2 is 2.00 bits per heavy atom. The fourth-order valence-corrected chi connectivity index (χ4v) is 3.17. The lowest BCUT2D eigenvalue weighted by Crippen LogP contribution is -2.23. The van der Waals surface area contributed by atoms with Crippen molar-refractivity contribution < 1.29 is 4.79 Å². The molecule has 1 aromatic heterocycles. The van der Waals surface area contributed by atoms with Crippen molar-refractivity contribution in [3.05, 3.63) is 45.9 Å². The van der Waals surface area contributed by atoms with Crippen molar-refractivity contribution >= 4 is 22.9 Å². The molecule has 2 aromatic rings. The minimum absolute atomic E-state index is 0.0585. The highest BCUT2D eigenvalue weighted by atomic mass is 32.1. The first-order chi connectivity index (χ1) is 11.5. The molecule has 0 unspecified atom stereocenters. The number of benzene rings is 1. The lowest BCUT2D eigenvalue weighted by atomic mass is 10.1. The number of carbonyl (C=O) groups excluding carboxylic acids is 1. The van der Waals surface area contributed by atoms with E-state index in [0.29, 0.717) is 18.0 Å². The third-order valence-electron chi connectivity index (χ3n) is 3.91. The van der Waals surface area contributed by atoms with Gasteiger partial charge in [0.15, 0.2) is 0 Å². The maximum atomic E-state index is 12.3. The average molecular weight is 346 g/mol. The second kappa shape index (κ2) is 8.83. The molecule has 0 atom stereocenters. The number of unbranched alkanes of at least 4 members (excludes halogenated alkanes) is 1. The largest absolute Gasteiger partial charge is 0.375 e. The smallest absolute Gasteiger partial charge is 0.251 e. The van der Waals surface area contributed by atoms with Crippen LogP contribution in [0, 0.1) is 0 Å². The van der Waals surface area contributed by atoms with Gasteiger partial charge in [-0.3, -0.25) is 4.79 Å². The summed E-state index contributed by atoms with van der Waals surface area (Å²) in [4.78, 5) is 19.0. The van der Waals surface area contributed by atoms with Crippen molar-refractivity contribution in [2.45, 2.75) is 46.1 Å². The molecule has 0 radical (unpaired) electrons. The highest BCUT2D eigenvalue weighted by Crippen LogP contribution is 2.19. The molecule has 4 nitrogen and oxygen atoms in total. The Bertz CT molecular complexity index is 649. The second-order valence-corrected chi connectivity index (χ2v) is 7.23. The predicted octanol–water partition coefficient (Wildman–Crippen LogP) is 4.43. The summed E-state index contributed by atoms with van der Waals surface area (Å²) < 4.78 is 0. The van der Waals surface area contributed by atoms with Gasteiger partial charge < -0.3 is 10.2 Å². The Morgan fingerprint density at radius 1 is 1.29 bits per heavy atom. The fourth-order valence-electron chi connectivity index (χ4n) is 2.33. The second-order valence-electron chi connectivity index (χ2n) is 6.34. The van der Waals surface area contributed by atoms with Crippen LogP contribution in [0.25, 0.3) is 0 Å². The van der Waals surface area contributed by atoms with Crippen LogP contribution < -0.4 is 10.2 Å². The van der Waals surface area contributed by atoms with Gasteiger partial charge in [-0.15, -0.1) is 11.3 Å². The van der Waals surface area contributed by atoms with E-state index >= 15 is 0 Å². The third kappa shape index (κ3) is 5.06. The molecule has 0 saturated carbocycles. The summed E-state index contributed by atoms with van der Waals surface area (Å²) in [5.74, 6) is 0.369. The van der Waals surface area contributed by atoms with Crippen molar-refractivity contribution in [2.75, 3.05) is 18.5 Å². The standard InChI is InChI=1S/C19H27N3OS/c1-5-6-11-22(4)17-9-7-15(8-10-17)18(23)20-12-16-13-24-19(21-16)14(2)3/h7-10,13-14H,5-6,11-12H2,1-4H3,(H,20,23). The lowest BCUT2D eigenvalue weighted by Gasteiger charge is -2.19. The molecule has 1 heterocycles. The monoisotopic (exact) mass is 345 g/mol. The lowest BCUT2D eigenvalue weighted by molar-refractivity contribution is 0.0950. The number of thiazole rings is 1. The van der Waals surface area contributed by atoms with Crippen LogP contribution in [0.2, 0.25) is 0 Å². The summed E-state index contributed by atoms with van der Waals surface area (Å²) >= 11 is 1.65. The molecule has 0 aliphatic carbocycles. The van der Waals surface area contributed by atoms with Gasteiger partial charge in [-0.2, -0.15) is 0 Å². The topological polar surface area (TPSA) is 45.2 Å². The zero-order valence-electron chi connectivity index (χ0n) is 15.0. The number of nitrogens with one attached hydrogen (secondary N) is 1. The van der Waals surface area contributed by atoms with Crippen LogP contribution in [0.1, 0.15) is 60.6 Å². The van der Waals surface area contributed by atoms with Crippen molar-refractivity contribution in [3.8, 4) is 0 Å². The van der Waals surface area contributed by atoms with E-state index < -0.39 is 0 Å². The number of rotatable bonds is 8. The molecule has 0 bridgehead atoms. The van der Waals surface area contributed by atoms with Gasteiger partial charge >= 0.3 is 0 Å². The van der Waals surface area contributed by atoms with E-state index in [1.807, 2.05) is 29.6 Å². The Labute approximate surface area is 148 Å². The van der Waals surface area contributed by atoms with Gasteiger partial charge in [0.2, 0.25) is 0 Å². The van der Waals surface area contributed by atoms with E-state index in [1.165, 1.54) is 12.8 Å². The molecule has 1 amide bonds. The van der Waals surface area contributed by atoms with Gasteiger partial charge in [-0.25, -0.2) is 4.98 Å². The molecule has 0 fully saturated rings. The molecular formula is C19H27N3OS. The summed E-state index contributed by atoms with van der Waals surface area (Å²) in [5, 5.41) is 6.07. The summed E-state index contributed by atoms with van der Waals surface area (Å²) in [7, 11) is 2.08. The first kappa shape index (κ1) is 18.5. The van der Waals surface area contributed by atoms with Gasteiger partial charge in [-0.05, 0) is 30.7 Å². The van der Waals surface area contributed by atoms with Crippen molar-refractivity contribution in [2.24, 2.45) is 0 Å². The van der Waals surface area contributed by atoms with Gasteiger partial charge in [-0.1, -0.05) is 27.2 Å². The van der Waals surface area contributed by atoms with Crippen LogP contribution in [-0.2, 0) is 6.54 Å². The van der Waals surface area contributed by atoms with Gasteiger partial charge in [0.05, 0.1) is 17.2 Å². The molecule has 0 aliphatic rings. The minimum atomic E-state index is -0.0585. The Hall–Kier alpha value is -1.88. The van der Waals surface area contributed by atoms with E-state index in [9.17, 15) is 4.79 Å². The normalized spacial score (nSPS) is 10.9. The molecule has 2 rings (SSSR count). The number of hydrogen-bond acceptors (Lipinski definition) is 4. The molecule has 130 valence electrons. The number of nitrogens with zero attached hydrogens (tertiary/aromatic N) is 2. The Morgan fingerprint density at radius 3 is 2.58 bits per heavy atom. The quantitative estimate of drug-likeness (QED) is 0.769. The van der Waals surface area contributed by atoms with E-state index in [0.717, 1.165) is 22.9 Å². The fraction of sp³-hybridized carbons (Fsp3) is 0.474. The third-order valence-corrected chi connectivity index (χ3v) is 5.10. The first-order valence-corrected chi connectivity index (χ1v) is 9.43. The molecule has 5 heteroatoms. The van der Waals surface area contributed by atoms with E-state index in [2.05, 4.69) is 43.0 Å². The van der Waals surface area contributed by atoms with Gasteiger partial charge in [0, 0.05) is 36.1 Å². The van der Waals surface area contributed by atoms with Crippen LogP contribution in [0.3, 0.4) is 0 Å². The maximum Gasteiger partial charge on any atom is 0.251 e. The SMILES string of the molecule is CCCCN(C)c1ccc(C(=O)NCc2csc(C(C)C)n2)cc1. The van der Waals surface area contributed by atoms with Crippen LogP contribution in [0.5, 0.6) is 0 Å². The van der Waals surface area contributed by atoms with E-state index in [-0.39, 0.29) is 5.91 Å². The van der Waals surface area contributed by atoms with E-state index in [4.69, 9.17) is 0 Å². The van der Waals surface area contributed by atoms with Gasteiger partial charge in [0.1, 0.15) is 0 Å². The first-order valence-electron chi connectivity index (χ1n) is 8.55. The number of hydrogen-bond donors (Lipinski definition) is 1. The summed E-state index contributed by atoms with van der Waals surface area (Å²) in [6.45, 7) is 7.94. The summed E-state index contributed by atoms with van der Waals surface area (Å²) in [5.41, 5.74) is 2.75. The molecular weight excluding hydrogens is 318 g/mol. The van der Waals surface area contributed by atoms with Crippen molar-refractivity contribution in [1.82, 2.24) is 10.3 Å². The molecule has 24 heavy (non-hydrogen) atoms. The minimum Gasteiger partial charge on any atom is -0.375 e. The highest BCUT2D eigenvalue weighted by molar-refractivity contribution is 7.09. The predicted molar refractivity (Wildman–Crippen MR) is 102 cm³/mol. The number of amides is 1. The molecule has 0 spiro atoms. The highest BCUT2D eigenvalue weighted by Gasteiger charge is 2.09. The van der Waals surface area contributed by atoms with Crippen LogP contribution in [0.4, 0.5) is 5.69 Å². The molecule has 1 aromatic carbocycles. The Kier molecular flexibility index (Phi) is 6.79. The van der Waals surface area contributed by atoms with Gasteiger partial charge in [0.25, 0.3) is 5.91 Å². The maximum absolute atomic E-state index is 12.3.